The fraction of sp³-hybridized carbons (Fsp3) is 1.00. The lowest BCUT2D eigenvalue weighted by Crippen LogP contribution is -2.05. The molecular formula is C9H18. The Hall–Kier alpha value is 0. The van der Waals surface area contributed by atoms with Gasteiger partial charge >= 0.3 is 0 Å². The first kappa shape index (κ1) is 7.11. The van der Waals surface area contributed by atoms with Crippen molar-refractivity contribution in [2.75, 3.05) is 0 Å². The van der Waals surface area contributed by atoms with E-state index in [9.17, 15) is 0 Å². The fourth-order valence-corrected chi connectivity index (χ4v) is 1.47. The summed E-state index contributed by atoms with van der Waals surface area (Å²) < 4.78 is 0. The Morgan fingerprint density at radius 1 is 1.33 bits per heavy atom. The highest BCUT2D eigenvalue weighted by molar-refractivity contribution is 4.85. The van der Waals surface area contributed by atoms with Crippen LogP contribution in [0.1, 0.15) is 40.5 Å². The predicted octanol–water partition coefficient (Wildman–Crippen LogP) is 3.08. The summed E-state index contributed by atoms with van der Waals surface area (Å²) in [6.07, 6.45) is 2.91. The molecule has 0 nitrogen and oxygen atoms in total. The van der Waals surface area contributed by atoms with E-state index in [1.807, 2.05) is 0 Å². The van der Waals surface area contributed by atoms with Gasteiger partial charge in [0, 0.05) is 0 Å². The zero-order valence-electron chi connectivity index (χ0n) is 7.07. The van der Waals surface area contributed by atoms with Crippen molar-refractivity contribution < 1.29 is 0 Å². The summed E-state index contributed by atoms with van der Waals surface area (Å²) in [6, 6.07) is 0. The lowest BCUT2D eigenvalue weighted by molar-refractivity contribution is 0.346. The van der Waals surface area contributed by atoms with Crippen LogP contribution < -0.4 is 0 Å². The molecule has 0 spiro atoms. The van der Waals surface area contributed by atoms with Gasteiger partial charge in [0.25, 0.3) is 0 Å². The molecule has 0 aliphatic heterocycles. The molecular weight excluding hydrogens is 108 g/mol. The van der Waals surface area contributed by atoms with E-state index >= 15 is 0 Å². The van der Waals surface area contributed by atoms with E-state index in [0.717, 1.165) is 11.8 Å². The Labute approximate surface area is 58.7 Å². The van der Waals surface area contributed by atoms with Crippen LogP contribution >= 0.6 is 0 Å². The molecule has 0 N–H and O–H groups in total. The van der Waals surface area contributed by atoms with Crippen molar-refractivity contribution in [3.05, 3.63) is 0 Å². The molecule has 0 aromatic carbocycles. The molecule has 54 valence electrons. The third-order valence-electron chi connectivity index (χ3n) is 2.15. The van der Waals surface area contributed by atoms with Crippen LogP contribution in [0.15, 0.2) is 0 Å². The molecule has 2 atom stereocenters. The third-order valence-corrected chi connectivity index (χ3v) is 2.15. The van der Waals surface area contributed by atoms with E-state index in [2.05, 4.69) is 27.7 Å². The second kappa shape index (κ2) is 2.00. The minimum absolute atomic E-state index is 0.565. The van der Waals surface area contributed by atoms with Gasteiger partial charge < -0.3 is 0 Å². The Bertz CT molecular complexity index is 97.1. The topological polar surface area (TPSA) is 0 Å². The molecule has 0 heterocycles. The van der Waals surface area contributed by atoms with Gasteiger partial charge in [-0.2, -0.15) is 0 Å². The minimum atomic E-state index is 0.565. The molecule has 0 bridgehead atoms. The number of hydrogen-bond acceptors (Lipinski definition) is 0. The van der Waals surface area contributed by atoms with Crippen LogP contribution in [-0.2, 0) is 0 Å². The van der Waals surface area contributed by atoms with Crippen molar-refractivity contribution >= 4 is 0 Å². The molecule has 1 aliphatic carbocycles. The van der Waals surface area contributed by atoms with Gasteiger partial charge in [0.1, 0.15) is 0 Å². The first-order valence-electron chi connectivity index (χ1n) is 3.99. The van der Waals surface area contributed by atoms with Crippen molar-refractivity contribution in [3.8, 4) is 0 Å². The van der Waals surface area contributed by atoms with Gasteiger partial charge in [-0.15, -0.1) is 0 Å². The van der Waals surface area contributed by atoms with Crippen LogP contribution in [0.4, 0.5) is 0 Å². The molecule has 1 rings (SSSR count). The highest BCUT2D eigenvalue weighted by atomic mass is 14.4. The Morgan fingerprint density at radius 2 is 1.78 bits per heavy atom. The highest BCUT2D eigenvalue weighted by Gasteiger charge is 2.35. The van der Waals surface area contributed by atoms with E-state index in [1.54, 1.807) is 0 Å². The standard InChI is InChI=1S/C9H18/c1-7-5-8(7)6-9(2,3)4/h7-8H,5-6H2,1-4H3/t7-,8?/m1/s1. The predicted molar refractivity (Wildman–Crippen MR) is 41.3 cm³/mol. The zero-order chi connectivity index (χ0) is 7.07. The lowest BCUT2D eigenvalue weighted by atomic mass is 9.89. The van der Waals surface area contributed by atoms with Gasteiger partial charge in [-0.05, 0) is 30.1 Å². The molecule has 0 amide bonds. The van der Waals surface area contributed by atoms with Crippen LogP contribution in [0.5, 0.6) is 0 Å². The normalized spacial score (nSPS) is 34.7. The zero-order valence-corrected chi connectivity index (χ0v) is 7.07. The quantitative estimate of drug-likeness (QED) is 0.506. The molecule has 1 unspecified atom stereocenters. The largest absolute Gasteiger partial charge is 0.0622 e. The monoisotopic (exact) mass is 126 g/mol. The molecule has 1 aliphatic rings. The van der Waals surface area contributed by atoms with E-state index in [1.165, 1.54) is 12.8 Å². The molecule has 0 heteroatoms. The lowest BCUT2D eigenvalue weighted by Gasteiger charge is -2.17. The summed E-state index contributed by atoms with van der Waals surface area (Å²) >= 11 is 0. The van der Waals surface area contributed by atoms with Crippen LogP contribution in [0.3, 0.4) is 0 Å². The second-order valence-electron chi connectivity index (χ2n) is 4.74. The van der Waals surface area contributed by atoms with E-state index in [-0.39, 0.29) is 0 Å². The summed E-state index contributed by atoms with van der Waals surface area (Å²) in [7, 11) is 0. The molecule has 0 aromatic heterocycles. The average molecular weight is 126 g/mol. The second-order valence-corrected chi connectivity index (χ2v) is 4.74. The molecule has 0 saturated heterocycles. The minimum Gasteiger partial charge on any atom is -0.0622 e. The SMILES string of the molecule is C[C@@H]1CC1CC(C)(C)C. The fourth-order valence-electron chi connectivity index (χ4n) is 1.47. The molecule has 0 radical (unpaired) electrons. The van der Waals surface area contributed by atoms with E-state index in [0.29, 0.717) is 5.41 Å². The van der Waals surface area contributed by atoms with Gasteiger partial charge in [-0.1, -0.05) is 27.7 Å². The summed E-state index contributed by atoms with van der Waals surface area (Å²) in [5, 5.41) is 0. The summed E-state index contributed by atoms with van der Waals surface area (Å²) in [4.78, 5) is 0. The maximum Gasteiger partial charge on any atom is -0.0380 e. The summed E-state index contributed by atoms with van der Waals surface area (Å²) in [6.45, 7) is 9.35. The van der Waals surface area contributed by atoms with Crippen LogP contribution in [0.25, 0.3) is 0 Å². The van der Waals surface area contributed by atoms with Crippen LogP contribution in [0.2, 0.25) is 0 Å². The van der Waals surface area contributed by atoms with E-state index in [4.69, 9.17) is 0 Å². The van der Waals surface area contributed by atoms with Gasteiger partial charge in [-0.25, -0.2) is 0 Å². The van der Waals surface area contributed by atoms with Crippen molar-refractivity contribution in [3.63, 3.8) is 0 Å². The molecule has 1 saturated carbocycles. The molecule has 1 fully saturated rings. The highest BCUT2D eigenvalue weighted by Crippen LogP contribution is 2.45. The van der Waals surface area contributed by atoms with Crippen molar-refractivity contribution in [2.24, 2.45) is 17.3 Å². The average Bonchev–Trinajstić information content (AvgIpc) is 2.13. The Kier molecular flexibility index (Phi) is 1.58. The Balaban J connectivity index is 2.19. The first-order chi connectivity index (χ1) is 3.99. The number of hydrogen-bond donors (Lipinski definition) is 0. The summed E-state index contributed by atoms with van der Waals surface area (Å²) in [5.74, 6) is 2.09. The Morgan fingerprint density at radius 3 is 1.89 bits per heavy atom. The maximum absolute atomic E-state index is 2.36. The van der Waals surface area contributed by atoms with Gasteiger partial charge in [-0.3, -0.25) is 0 Å². The maximum atomic E-state index is 2.36. The molecule has 9 heavy (non-hydrogen) atoms. The molecule has 0 aromatic rings. The number of rotatable bonds is 1. The van der Waals surface area contributed by atoms with Crippen LogP contribution in [-0.4, -0.2) is 0 Å². The van der Waals surface area contributed by atoms with Crippen molar-refractivity contribution in [1.82, 2.24) is 0 Å². The van der Waals surface area contributed by atoms with Crippen LogP contribution in [0, 0.1) is 17.3 Å². The van der Waals surface area contributed by atoms with E-state index < -0.39 is 0 Å². The van der Waals surface area contributed by atoms with Crippen molar-refractivity contribution in [1.29, 1.82) is 0 Å². The van der Waals surface area contributed by atoms with Gasteiger partial charge in [0.15, 0.2) is 0 Å². The first-order valence-corrected chi connectivity index (χ1v) is 3.99. The van der Waals surface area contributed by atoms with Crippen molar-refractivity contribution in [2.45, 2.75) is 40.5 Å². The third kappa shape index (κ3) is 2.38. The summed E-state index contributed by atoms with van der Waals surface area (Å²) in [5.41, 5.74) is 0.565. The van der Waals surface area contributed by atoms with Gasteiger partial charge in [0.2, 0.25) is 0 Å². The smallest absolute Gasteiger partial charge is 0.0380 e. The van der Waals surface area contributed by atoms with Gasteiger partial charge in [0.05, 0.1) is 0 Å².